The maximum absolute atomic E-state index is 12.6. The molecule has 0 saturated carbocycles. The molecular weight excluding hydrogens is 207 g/mol. The highest BCUT2D eigenvalue weighted by atomic mass is 32.1. The zero-order valence-corrected chi connectivity index (χ0v) is 8.08. The highest BCUT2D eigenvalue weighted by molar-refractivity contribution is 7.73. The molecule has 0 radical (unpaired) electrons. The van der Waals surface area contributed by atoms with Crippen LogP contribution in [-0.2, 0) is 0 Å². The van der Waals surface area contributed by atoms with Gasteiger partial charge in [-0.2, -0.15) is 5.10 Å². The standard InChI is InChI=1S/C8H5FN2S2/c9-6-3-1-5(2-4-6)7-10-11-8(12)13-7/h1-4H,(H,11,12). The summed E-state index contributed by atoms with van der Waals surface area (Å²) >= 11 is 6.26. The number of nitrogens with one attached hydrogen (secondary N) is 1. The van der Waals surface area contributed by atoms with E-state index in [1.54, 1.807) is 12.1 Å². The van der Waals surface area contributed by atoms with E-state index in [2.05, 4.69) is 10.2 Å². The van der Waals surface area contributed by atoms with E-state index in [1.165, 1.54) is 23.5 Å². The van der Waals surface area contributed by atoms with Crippen LogP contribution < -0.4 is 0 Å². The number of hydrogen-bond donors (Lipinski definition) is 1. The minimum atomic E-state index is -0.247. The van der Waals surface area contributed by atoms with Crippen LogP contribution in [0.2, 0.25) is 0 Å². The number of H-pyrrole nitrogens is 1. The fourth-order valence-electron chi connectivity index (χ4n) is 0.946. The minimum Gasteiger partial charge on any atom is -0.258 e. The first kappa shape index (κ1) is 8.52. The Morgan fingerprint density at radius 2 is 2.00 bits per heavy atom. The molecule has 0 spiro atoms. The molecule has 0 amide bonds. The van der Waals surface area contributed by atoms with Gasteiger partial charge in [-0.05, 0) is 36.5 Å². The van der Waals surface area contributed by atoms with Crippen molar-refractivity contribution in [3.8, 4) is 10.6 Å². The Labute approximate surface area is 83.1 Å². The molecule has 0 aliphatic heterocycles. The van der Waals surface area contributed by atoms with E-state index in [0.717, 1.165) is 10.6 Å². The van der Waals surface area contributed by atoms with Crippen LogP contribution in [0, 0.1) is 9.77 Å². The average Bonchev–Trinajstić information content (AvgIpc) is 2.53. The number of rotatable bonds is 1. The smallest absolute Gasteiger partial charge is 0.176 e. The van der Waals surface area contributed by atoms with Crippen molar-refractivity contribution in [1.82, 2.24) is 10.2 Å². The molecule has 1 N–H and O–H groups in total. The lowest BCUT2D eigenvalue weighted by Crippen LogP contribution is -1.77. The summed E-state index contributed by atoms with van der Waals surface area (Å²) in [6.45, 7) is 0. The Balaban J connectivity index is 2.47. The number of hydrogen-bond acceptors (Lipinski definition) is 3. The van der Waals surface area contributed by atoms with Gasteiger partial charge in [0, 0.05) is 5.56 Å². The molecule has 0 aliphatic rings. The Kier molecular flexibility index (Phi) is 2.20. The van der Waals surface area contributed by atoms with Crippen LogP contribution in [0.25, 0.3) is 10.6 Å². The van der Waals surface area contributed by atoms with Gasteiger partial charge in [0.15, 0.2) is 3.95 Å². The lowest BCUT2D eigenvalue weighted by atomic mass is 10.2. The monoisotopic (exact) mass is 212 g/mol. The van der Waals surface area contributed by atoms with Crippen molar-refractivity contribution in [2.24, 2.45) is 0 Å². The molecule has 2 aromatic rings. The normalized spacial score (nSPS) is 10.2. The van der Waals surface area contributed by atoms with Crippen LogP contribution in [0.15, 0.2) is 24.3 Å². The molecule has 5 heteroatoms. The van der Waals surface area contributed by atoms with Gasteiger partial charge in [0.25, 0.3) is 0 Å². The second-order valence-electron chi connectivity index (χ2n) is 2.43. The minimum absolute atomic E-state index is 0.247. The van der Waals surface area contributed by atoms with Gasteiger partial charge >= 0.3 is 0 Å². The summed E-state index contributed by atoms with van der Waals surface area (Å²) in [5, 5.41) is 7.44. The lowest BCUT2D eigenvalue weighted by molar-refractivity contribution is 0.628. The zero-order valence-electron chi connectivity index (χ0n) is 6.45. The fraction of sp³-hybridized carbons (Fsp3) is 0. The number of nitrogens with zero attached hydrogens (tertiary/aromatic N) is 1. The summed E-state index contributed by atoms with van der Waals surface area (Å²) in [5.74, 6) is -0.247. The van der Waals surface area contributed by atoms with Gasteiger partial charge < -0.3 is 0 Å². The van der Waals surface area contributed by atoms with Crippen molar-refractivity contribution >= 4 is 23.6 Å². The Morgan fingerprint density at radius 3 is 2.54 bits per heavy atom. The third kappa shape index (κ3) is 1.81. The highest BCUT2D eigenvalue weighted by Crippen LogP contribution is 2.21. The number of benzene rings is 1. The predicted molar refractivity (Wildman–Crippen MR) is 52.7 cm³/mol. The lowest BCUT2D eigenvalue weighted by Gasteiger charge is -1.92. The van der Waals surface area contributed by atoms with Crippen LogP contribution in [0.1, 0.15) is 0 Å². The third-order valence-corrected chi connectivity index (χ3v) is 2.67. The van der Waals surface area contributed by atoms with E-state index in [0.29, 0.717) is 3.95 Å². The Morgan fingerprint density at radius 1 is 1.31 bits per heavy atom. The van der Waals surface area contributed by atoms with Gasteiger partial charge in [0.1, 0.15) is 10.8 Å². The Bertz CT molecular complexity index is 457. The van der Waals surface area contributed by atoms with Gasteiger partial charge in [-0.25, -0.2) is 4.39 Å². The maximum atomic E-state index is 12.6. The van der Waals surface area contributed by atoms with Gasteiger partial charge in [-0.15, -0.1) is 0 Å². The first-order valence-electron chi connectivity index (χ1n) is 3.57. The van der Waals surface area contributed by atoms with E-state index in [1.807, 2.05) is 0 Å². The molecule has 1 aromatic carbocycles. The average molecular weight is 212 g/mol. The topological polar surface area (TPSA) is 28.7 Å². The summed E-state index contributed by atoms with van der Waals surface area (Å²) in [5.41, 5.74) is 0.874. The van der Waals surface area contributed by atoms with Crippen molar-refractivity contribution in [1.29, 1.82) is 0 Å². The van der Waals surface area contributed by atoms with Crippen molar-refractivity contribution in [2.75, 3.05) is 0 Å². The number of aromatic nitrogens is 2. The summed E-state index contributed by atoms with van der Waals surface area (Å²) in [4.78, 5) is 0. The summed E-state index contributed by atoms with van der Waals surface area (Å²) in [6, 6.07) is 6.16. The molecule has 2 nitrogen and oxygen atoms in total. The SMILES string of the molecule is Fc1ccc(-c2n[nH]c(=S)s2)cc1. The third-order valence-electron chi connectivity index (χ3n) is 1.53. The van der Waals surface area contributed by atoms with Gasteiger partial charge in [-0.1, -0.05) is 11.3 Å². The van der Waals surface area contributed by atoms with E-state index in [4.69, 9.17) is 12.2 Å². The summed E-state index contributed by atoms with van der Waals surface area (Å²) in [6.07, 6.45) is 0. The molecule has 0 fully saturated rings. The molecule has 0 aliphatic carbocycles. The Hall–Kier alpha value is -1.07. The van der Waals surface area contributed by atoms with Gasteiger partial charge in [-0.3, -0.25) is 5.10 Å². The van der Waals surface area contributed by atoms with Crippen molar-refractivity contribution in [3.63, 3.8) is 0 Å². The number of halogens is 1. The van der Waals surface area contributed by atoms with Crippen LogP contribution in [0.5, 0.6) is 0 Å². The summed E-state index contributed by atoms with van der Waals surface area (Å²) in [7, 11) is 0. The predicted octanol–water partition coefficient (Wildman–Crippen LogP) is 3.01. The summed E-state index contributed by atoms with van der Waals surface area (Å²) < 4.78 is 13.2. The van der Waals surface area contributed by atoms with Crippen LogP contribution in [0.3, 0.4) is 0 Å². The van der Waals surface area contributed by atoms with Crippen molar-refractivity contribution in [2.45, 2.75) is 0 Å². The van der Waals surface area contributed by atoms with Crippen molar-refractivity contribution < 1.29 is 4.39 Å². The van der Waals surface area contributed by atoms with Crippen LogP contribution >= 0.6 is 23.6 Å². The second-order valence-corrected chi connectivity index (χ2v) is 4.09. The van der Waals surface area contributed by atoms with Gasteiger partial charge in [0.05, 0.1) is 0 Å². The molecule has 0 unspecified atom stereocenters. The fourth-order valence-corrected chi connectivity index (χ4v) is 1.84. The number of aromatic amines is 1. The molecule has 0 atom stereocenters. The zero-order chi connectivity index (χ0) is 9.26. The molecule has 0 bridgehead atoms. The molecule has 66 valence electrons. The largest absolute Gasteiger partial charge is 0.258 e. The maximum Gasteiger partial charge on any atom is 0.176 e. The van der Waals surface area contributed by atoms with Crippen LogP contribution in [-0.4, -0.2) is 10.2 Å². The molecule has 1 heterocycles. The van der Waals surface area contributed by atoms with E-state index in [9.17, 15) is 4.39 Å². The van der Waals surface area contributed by atoms with Gasteiger partial charge in [0.2, 0.25) is 0 Å². The molecule has 2 rings (SSSR count). The highest BCUT2D eigenvalue weighted by Gasteiger charge is 2.00. The molecule has 13 heavy (non-hydrogen) atoms. The van der Waals surface area contributed by atoms with E-state index < -0.39 is 0 Å². The second kappa shape index (κ2) is 3.35. The van der Waals surface area contributed by atoms with E-state index in [-0.39, 0.29) is 5.82 Å². The molecular formula is C8H5FN2S2. The van der Waals surface area contributed by atoms with Crippen molar-refractivity contribution in [3.05, 3.63) is 34.0 Å². The quantitative estimate of drug-likeness (QED) is 0.736. The first-order chi connectivity index (χ1) is 6.25. The van der Waals surface area contributed by atoms with E-state index >= 15 is 0 Å². The molecule has 0 saturated heterocycles. The van der Waals surface area contributed by atoms with Crippen LogP contribution in [0.4, 0.5) is 4.39 Å². The first-order valence-corrected chi connectivity index (χ1v) is 4.79. The molecule has 1 aromatic heterocycles.